The summed E-state index contributed by atoms with van der Waals surface area (Å²) in [7, 11) is 1.74. The van der Waals surface area contributed by atoms with Crippen LogP contribution in [0.25, 0.3) is 0 Å². The van der Waals surface area contributed by atoms with Crippen LogP contribution >= 0.6 is 0 Å². The Labute approximate surface area is 165 Å². The van der Waals surface area contributed by atoms with Crippen molar-refractivity contribution in [3.8, 4) is 0 Å². The third-order valence-electron chi connectivity index (χ3n) is 5.25. The van der Waals surface area contributed by atoms with Crippen LogP contribution < -0.4 is 15.1 Å². The van der Waals surface area contributed by atoms with Crippen molar-refractivity contribution in [2.45, 2.75) is 12.8 Å². The fourth-order valence-electron chi connectivity index (χ4n) is 3.48. The van der Waals surface area contributed by atoms with Gasteiger partial charge in [-0.05, 0) is 43.2 Å². The first kappa shape index (κ1) is 18.5. The van der Waals surface area contributed by atoms with Gasteiger partial charge in [0.1, 0.15) is 0 Å². The SMILES string of the molecule is CN(C(=O)C1CC1)c1ccccc1C(=O)Nc1cccc(N2CCOCC2)c1. The molecule has 2 aromatic carbocycles. The maximum absolute atomic E-state index is 13.0. The molecule has 6 nitrogen and oxygen atoms in total. The van der Waals surface area contributed by atoms with Crippen molar-refractivity contribution in [3.05, 3.63) is 54.1 Å². The number of anilines is 3. The van der Waals surface area contributed by atoms with Crippen molar-refractivity contribution in [2.24, 2.45) is 5.92 Å². The molecule has 28 heavy (non-hydrogen) atoms. The number of carbonyl (C=O) groups is 2. The lowest BCUT2D eigenvalue weighted by Crippen LogP contribution is -2.36. The summed E-state index contributed by atoms with van der Waals surface area (Å²) in [5.41, 5.74) is 2.94. The van der Waals surface area contributed by atoms with Crippen LogP contribution in [0.15, 0.2) is 48.5 Å². The van der Waals surface area contributed by atoms with E-state index in [2.05, 4.69) is 10.2 Å². The van der Waals surface area contributed by atoms with Gasteiger partial charge in [0.05, 0.1) is 24.5 Å². The second-order valence-corrected chi connectivity index (χ2v) is 7.29. The molecule has 1 N–H and O–H groups in total. The van der Waals surface area contributed by atoms with E-state index >= 15 is 0 Å². The van der Waals surface area contributed by atoms with E-state index in [1.165, 1.54) is 0 Å². The fraction of sp³-hybridized carbons (Fsp3) is 0.364. The average Bonchev–Trinajstić information content (AvgIpc) is 3.59. The molecule has 0 radical (unpaired) electrons. The van der Waals surface area contributed by atoms with Gasteiger partial charge < -0.3 is 19.9 Å². The van der Waals surface area contributed by atoms with Gasteiger partial charge in [0.2, 0.25) is 5.91 Å². The maximum Gasteiger partial charge on any atom is 0.257 e. The molecule has 4 rings (SSSR count). The smallest absolute Gasteiger partial charge is 0.257 e. The molecule has 1 heterocycles. The number of nitrogens with one attached hydrogen (secondary N) is 1. The third-order valence-corrected chi connectivity index (χ3v) is 5.25. The van der Waals surface area contributed by atoms with E-state index in [4.69, 9.17) is 4.74 Å². The van der Waals surface area contributed by atoms with Gasteiger partial charge in [-0.2, -0.15) is 0 Å². The van der Waals surface area contributed by atoms with E-state index in [1.54, 1.807) is 18.0 Å². The second kappa shape index (κ2) is 8.02. The molecule has 1 aliphatic carbocycles. The van der Waals surface area contributed by atoms with Crippen molar-refractivity contribution in [2.75, 3.05) is 48.5 Å². The van der Waals surface area contributed by atoms with Crippen LogP contribution in [0.5, 0.6) is 0 Å². The maximum atomic E-state index is 13.0. The number of rotatable bonds is 5. The van der Waals surface area contributed by atoms with Crippen LogP contribution in [0.2, 0.25) is 0 Å². The van der Waals surface area contributed by atoms with E-state index in [9.17, 15) is 9.59 Å². The molecule has 146 valence electrons. The van der Waals surface area contributed by atoms with E-state index in [0.717, 1.165) is 37.3 Å². The van der Waals surface area contributed by atoms with Crippen molar-refractivity contribution in [1.29, 1.82) is 0 Å². The first-order valence-electron chi connectivity index (χ1n) is 9.74. The van der Waals surface area contributed by atoms with Crippen LogP contribution in [0.3, 0.4) is 0 Å². The Morgan fingerprint density at radius 1 is 1.07 bits per heavy atom. The Kier molecular flexibility index (Phi) is 5.30. The molecule has 1 saturated carbocycles. The third kappa shape index (κ3) is 4.02. The zero-order valence-corrected chi connectivity index (χ0v) is 16.1. The molecule has 0 spiro atoms. The van der Waals surface area contributed by atoms with E-state index in [-0.39, 0.29) is 17.7 Å². The Morgan fingerprint density at radius 2 is 1.82 bits per heavy atom. The lowest BCUT2D eigenvalue weighted by Gasteiger charge is -2.29. The topological polar surface area (TPSA) is 61.9 Å². The van der Waals surface area contributed by atoms with Crippen molar-refractivity contribution in [3.63, 3.8) is 0 Å². The van der Waals surface area contributed by atoms with Gasteiger partial charge >= 0.3 is 0 Å². The van der Waals surface area contributed by atoms with E-state index in [1.807, 2.05) is 42.5 Å². The lowest BCUT2D eigenvalue weighted by atomic mass is 10.1. The molecule has 2 fully saturated rings. The summed E-state index contributed by atoms with van der Waals surface area (Å²) < 4.78 is 5.41. The van der Waals surface area contributed by atoms with Crippen LogP contribution in [0.4, 0.5) is 17.1 Å². The summed E-state index contributed by atoms with van der Waals surface area (Å²) >= 11 is 0. The number of amides is 2. The quantitative estimate of drug-likeness (QED) is 0.867. The zero-order chi connectivity index (χ0) is 19.5. The van der Waals surface area contributed by atoms with Gasteiger partial charge in [-0.15, -0.1) is 0 Å². The number of ether oxygens (including phenoxy) is 1. The lowest BCUT2D eigenvalue weighted by molar-refractivity contribution is -0.119. The number of para-hydroxylation sites is 1. The van der Waals surface area contributed by atoms with Crippen LogP contribution in [-0.4, -0.2) is 45.2 Å². The van der Waals surface area contributed by atoms with Gasteiger partial charge in [0.25, 0.3) is 5.91 Å². The van der Waals surface area contributed by atoms with E-state index in [0.29, 0.717) is 24.5 Å². The molecule has 0 unspecified atom stereocenters. The molecule has 1 aliphatic heterocycles. The Bertz CT molecular complexity index is 873. The number of hydrogen-bond donors (Lipinski definition) is 1. The molecule has 1 saturated heterocycles. The molecular formula is C22H25N3O3. The highest BCUT2D eigenvalue weighted by Crippen LogP contribution is 2.33. The fourth-order valence-corrected chi connectivity index (χ4v) is 3.48. The number of nitrogens with zero attached hydrogens (tertiary/aromatic N) is 2. The largest absolute Gasteiger partial charge is 0.378 e. The van der Waals surface area contributed by atoms with Crippen LogP contribution in [0, 0.1) is 5.92 Å². The zero-order valence-electron chi connectivity index (χ0n) is 16.1. The highest BCUT2D eigenvalue weighted by atomic mass is 16.5. The van der Waals surface area contributed by atoms with Gasteiger partial charge in [-0.3, -0.25) is 9.59 Å². The Balaban J connectivity index is 1.52. The number of benzene rings is 2. The summed E-state index contributed by atoms with van der Waals surface area (Å²) in [6.07, 6.45) is 1.87. The van der Waals surface area contributed by atoms with Gasteiger partial charge in [-0.1, -0.05) is 18.2 Å². The first-order valence-corrected chi connectivity index (χ1v) is 9.74. The van der Waals surface area contributed by atoms with Gasteiger partial charge in [0, 0.05) is 37.4 Å². The molecule has 0 bridgehead atoms. The number of carbonyl (C=O) groups excluding carboxylic acids is 2. The average molecular weight is 379 g/mol. The molecule has 2 amide bonds. The molecule has 2 aliphatic rings. The predicted octanol–water partition coefficient (Wildman–Crippen LogP) is 3.15. The van der Waals surface area contributed by atoms with Gasteiger partial charge in [0.15, 0.2) is 0 Å². The number of hydrogen-bond acceptors (Lipinski definition) is 4. The second-order valence-electron chi connectivity index (χ2n) is 7.29. The summed E-state index contributed by atoms with van der Waals surface area (Å²) in [5.74, 6) is -0.0361. The highest BCUT2D eigenvalue weighted by Gasteiger charge is 2.33. The normalized spacial score (nSPS) is 16.5. The minimum Gasteiger partial charge on any atom is -0.378 e. The summed E-state index contributed by atoms with van der Waals surface area (Å²) in [4.78, 5) is 29.2. The molecular weight excluding hydrogens is 354 g/mol. The number of morpholine rings is 1. The minimum atomic E-state index is -0.217. The summed E-state index contributed by atoms with van der Waals surface area (Å²) in [6.45, 7) is 3.11. The van der Waals surface area contributed by atoms with Crippen LogP contribution in [0.1, 0.15) is 23.2 Å². The Morgan fingerprint density at radius 3 is 2.57 bits per heavy atom. The van der Waals surface area contributed by atoms with Gasteiger partial charge in [-0.25, -0.2) is 0 Å². The van der Waals surface area contributed by atoms with Crippen LogP contribution in [-0.2, 0) is 9.53 Å². The van der Waals surface area contributed by atoms with Crippen molar-refractivity contribution < 1.29 is 14.3 Å². The molecule has 0 atom stereocenters. The first-order chi connectivity index (χ1) is 13.6. The molecule has 6 heteroatoms. The monoisotopic (exact) mass is 379 g/mol. The highest BCUT2D eigenvalue weighted by molar-refractivity contribution is 6.11. The standard InChI is InChI=1S/C22H25N3O3/c1-24(22(27)16-9-10-16)20-8-3-2-7-19(20)21(26)23-17-5-4-6-18(15-17)25-11-13-28-14-12-25/h2-8,15-16H,9-14H2,1H3,(H,23,26). The predicted molar refractivity (Wildman–Crippen MR) is 110 cm³/mol. The minimum absolute atomic E-state index is 0.0783. The molecule has 2 aromatic rings. The summed E-state index contributed by atoms with van der Waals surface area (Å²) in [6, 6.07) is 15.1. The molecule has 0 aromatic heterocycles. The van der Waals surface area contributed by atoms with E-state index < -0.39 is 0 Å². The summed E-state index contributed by atoms with van der Waals surface area (Å²) in [5, 5.41) is 2.98. The van der Waals surface area contributed by atoms with Crippen molar-refractivity contribution in [1.82, 2.24) is 0 Å². The van der Waals surface area contributed by atoms with Crippen molar-refractivity contribution >= 4 is 28.9 Å². The Hall–Kier alpha value is -2.86.